The van der Waals surface area contributed by atoms with Crippen molar-refractivity contribution < 1.29 is 4.79 Å². The van der Waals surface area contributed by atoms with Gasteiger partial charge in [0.2, 0.25) is 0 Å². The van der Waals surface area contributed by atoms with E-state index in [1.54, 1.807) is 18.2 Å². The van der Waals surface area contributed by atoms with Crippen LogP contribution in [0.25, 0.3) is 6.08 Å². The smallest absolute Gasteiger partial charge is 0.281 e. The maximum atomic E-state index is 12.7. The van der Waals surface area contributed by atoms with E-state index in [-0.39, 0.29) is 5.91 Å². The maximum Gasteiger partial charge on any atom is 0.281 e. The number of nitrogens with zero attached hydrogens (tertiary/aromatic N) is 1. The van der Waals surface area contributed by atoms with Crippen molar-refractivity contribution in [3.8, 4) is 0 Å². The molecule has 1 amide bonds. The van der Waals surface area contributed by atoms with Crippen LogP contribution in [0.3, 0.4) is 0 Å². The highest BCUT2D eigenvalue weighted by molar-refractivity contribution is 9.10. The average molecular weight is 408 g/mol. The molecule has 0 aromatic heterocycles. The van der Waals surface area contributed by atoms with Gasteiger partial charge in [0.1, 0.15) is 5.70 Å². The van der Waals surface area contributed by atoms with Crippen LogP contribution in [0.15, 0.2) is 52.6 Å². The molecule has 1 N–H and O–H groups in total. The summed E-state index contributed by atoms with van der Waals surface area (Å²) in [7, 11) is 0. The van der Waals surface area contributed by atoms with Crippen molar-refractivity contribution in [3.05, 3.63) is 68.8 Å². The Labute approximate surface area is 153 Å². The first kappa shape index (κ1) is 16.2. The second-order valence-corrected chi connectivity index (χ2v) is 6.76. The molecule has 0 unspecified atom stereocenters. The molecule has 0 atom stereocenters. The minimum absolute atomic E-state index is 0.184. The largest absolute Gasteiger partial charge is 0.327 e. The van der Waals surface area contributed by atoms with Crippen molar-refractivity contribution >= 4 is 62.5 Å². The first-order chi connectivity index (χ1) is 11.0. The van der Waals surface area contributed by atoms with Gasteiger partial charge in [0.05, 0.1) is 5.69 Å². The minimum atomic E-state index is -0.184. The number of benzene rings is 2. The van der Waals surface area contributed by atoms with Gasteiger partial charge in [-0.1, -0.05) is 45.7 Å². The summed E-state index contributed by atoms with van der Waals surface area (Å²) in [5.74, 6) is -0.184. The Bertz CT molecular complexity index is 850. The summed E-state index contributed by atoms with van der Waals surface area (Å²) in [4.78, 5) is 14.2. The Hall–Kier alpha value is -1.69. The summed E-state index contributed by atoms with van der Waals surface area (Å²) >= 11 is 14.8. The van der Waals surface area contributed by atoms with Gasteiger partial charge in [-0.15, -0.1) is 0 Å². The zero-order valence-electron chi connectivity index (χ0n) is 12.1. The van der Waals surface area contributed by atoms with E-state index in [9.17, 15) is 4.79 Å². The molecule has 2 aromatic rings. The number of rotatable bonds is 2. The molecule has 0 aliphatic carbocycles. The monoisotopic (exact) mass is 406 g/mol. The number of amides is 1. The number of hydrogen-bond donors (Lipinski definition) is 1. The van der Waals surface area contributed by atoms with Gasteiger partial charge in [0, 0.05) is 9.50 Å². The summed E-state index contributed by atoms with van der Waals surface area (Å²) in [5, 5.41) is 3.97. The Kier molecular flexibility index (Phi) is 4.53. The highest BCUT2D eigenvalue weighted by atomic mass is 79.9. The molecule has 6 heteroatoms. The number of thiocarbonyl (C=S) groups is 1. The highest BCUT2D eigenvalue weighted by Gasteiger charge is 2.32. The van der Waals surface area contributed by atoms with E-state index in [1.165, 1.54) is 4.90 Å². The highest BCUT2D eigenvalue weighted by Crippen LogP contribution is 2.28. The molecule has 1 heterocycles. The van der Waals surface area contributed by atoms with E-state index >= 15 is 0 Å². The van der Waals surface area contributed by atoms with Crippen molar-refractivity contribution in [1.29, 1.82) is 0 Å². The molecule has 1 aliphatic heterocycles. The third kappa shape index (κ3) is 3.17. The summed E-state index contributed by atoms with van der Waals surface area (Å²) in [6.45, 7) is 1.90. The second-order valence-electron chi connectivity index (χ2n) is 5.08. The molecule has 116 valence electrons. The summed E-state index contributed by atoms with van der Waals surface area (Å²) in [6, 6.07) is 13.0. The van der Waals surface area contributed by atoms with E-state index < -0.39 is 0 Å². The predicted octanol–water partition coefficient (Wildman–Crippen LogP) is 4.67. The molecular weight excluding hydrogens is 396 g/mol. The predicted molar refractivity (Wildman–Crippen MR) is 102 cm³/mol. The Morgan fingerprint density at radius 2 is 2.00 bits per heavy atom. The lowest BCUT2D eigenvalue weighted by Crippen LogP contribution is -2.30. The third-order valence-corrected chi connectivity index (χ3v) is 4.72. The van der Waals surface area contributed by atoms with Gasteiger partial charge in [0.15, 0.2) is 5.11 Å². The van der Waals surface area contributed by atoms with Crippen molar-refractivity contribution in [2.45, 2.75) is 6.92 Å². The number of nitrogens with one attached hydrogen (secondary N) is 1. The molecular formula is C17H12BrClN2OS. The normalized spacial score (nSPS) is 16.1. The lowest BCUT2D eigenvalue weighted by atomic mass is 10.1. The Balaban J connectivity index is 1.99. The van der Waals surface area contributed by atoms with Crippen LogP contribution in [0, 0.1) is 6.92 Å². The molecule has 3 nitrogen and oxygen atoms in total. The first-order valence-corrected chi connectivity index (χ1v) is 8.43. The van der Waals surface area contributed by atoms with Crippen LogP contribution in [0.5, 0.6) is 0 Å². The van der Waals surface area contributed by atoms with Crippen molar-refractivity contribution in [3.63, 3.8) is 0 Å². The number of anilines is 1. The minimum Gasteiger partial charge on any atom is -0.327 e. The molecule has 23 heavy (non-hydrogen) atoms. The van der Waals surface area contributed by atoms with Gasteiger partial charge in [-0.25, -0.2) is 0 Å². The maximum absolute atomic E-state index is 12.7. The molecule has 0 spiro atoms. The van der Waals surface area contributed by atoms with Crippen molar-refractivity contribution in [1.82, 2.24) is 5.32 Å². The number of carbonyl (C=O) groups excluding carboxylic acids is 1. The van der Waals surface area contributed by atoms with Crippen LogP contribution in [0.2, 0.25) is 5.02 Å². The van der Waals surface area contributed by atoms with Gasteiger partial charge in [-0.3, -0.25) is 9.69 Å². The molecule has 0 bridgehead atoms. The third-order valence-electron chi connectivity index (χ3n) is 3.48. The molecule has 0 radical (unpaired) electrons. The molecule has 1 saturated heterocycles. The van der Waals surface area contributed by atoms with Gasteiger partial charge in [0.25, 0.3) is 5.91 Å². The van der Waals surface area contributed by atoms with E-state index in [4.69, 9.17) is 23.8 Å². The topological polar surface area (TPSA) is 32.3 Å². The van der Waals surface area contributed by atoms with Gasteiger partial charge in [-0.2, -0.15) is 0 Å². The van der Waals surface area contributed by atoms with Gasteiger partial charge in [-0.05, 0) is 60.6 Å². The lowest BCUT2D eigenvalue weighted by molar-refractivity contribution is -0.113. The quantitative estimate of drug-likeness (QED) is 0.580. The lowest BCUT2D eigenvalue weighted by Gasteiger charge is -2.16. The number of halogens is 2. The average Bonchev–Trinajstić information content (AvgIpc) is 2.77. The fourth-order valence-electron chi connectivity index (χ4n) is 2.37. The standard InChI is InChI=1S/C17H12BrClN2OS/c1-10-8-12(19)6-7-15(10)21-16(22)14(20-17(21)23)9-11-4-2-3-5-13(11)18/h2-9H,1H3,(H,20,23). The van der Waals surface area contributed by atoms with Crippen LogP contribution < -0.4 is 10.2 Å². The SMILES string of the molecule is Cc1cc(Cl)ccc1N1C(=O)C(=Cc2ccccc2Br)NC1=S. The fraction of sp³-hybridized carbons (Fsp3) is 0.0588. The molecule has 0 saturated carbocycles. The number of carbonyl (C=O) groups is 1. The summed E-state index contributed by atoms with van der Waals surface area (Å²) in [5.41, 5.74) is 2.96. The Morgan fingerprint density at radius 3 is 2.70 bits per heavy atom. The van der Waals surface area contributed by atoms with E-state index in [2.05, 4.69) is 21.2 Å². The van der Waals surface area contributed by atoms with Crippen molar-refractivity contribution in [2.24, 2.45) is 0 Å². The van der Waals surface area contributed by atoms with Crippen LogP contribution in [-0.2, 0) is 4.79 Å². The molecule has 1 aliphatic rings. The van der Waals surface area contributed by atoms with Gasteiger partial charge >= 0.3 is 0 Å². The van der Waals surface area contributed by atoms with Crippen molar-refractivity contribution in [2.75, 3.05) is 4.90 Å². The fourth-order valence-corrected chi connectivity index (χ4v) is 3.29. The molecule has 2 aromatic carbocycles. The zero-order valence-corrected chi connectivity index (χ0v) is 15.3. The Morgan fingerprint density at radius 1 is 1.26 bits per heavy atom. The summed E-state index contributed by atoms with van der Waals surface area (Å²) in [6.07, 6.45) is 1.78. The van der Waals surface area contributed by atoms with Crippen LogP contribution >= 0.6 is 39.7 Å². The van der Waals surface area contributed by atoms with Crippen LogP contribution in [0.4, 0.5) is 5.69 Å². The van der Waals surface area contributed by atoms with E-state index in [1.807, 2.05) is 37.3 Å². The number of hydrogen-bond acceptors (Lipinski definition) is 2. The van der Waals surface area contributed by atoms with Crippen LogP contribution in [0.1, 0.15) is 11.1 Å². The number of aryl methyl sites for hydroxylation is 1. The zero-order chi connectivity index (χ0) is 16.6. The molecule has 1 fully saturated rings. The van der Waals surface area contributed by atoms with Crippen LogP contribution in [-0.4, -0.2) is 11.0 Å². The second kappa shape index (κ2) is 6.43. The first-order valence-electron chi connectivity index (χ1n) is 6.85. The van der Waals surface area contributed by atoms with Gasteiger partial charge < -0.3 is 5.32 Å². The van der Waals surface area contributed by atoms with E-state index in [0.29, 0.717) is 15.8 Å². The van der Waals surface area contributed by atoms with E-state index in [0.717, 1.165) is 21.3 Å². The summed E-state index contributed by atoms with van der Waals surface area (Å²) < 4.78 is 0.911. The molecule has 3 rings (SSSR count).